The fourth-order valence-corrected chi connectivity index (χ4v) is 1.62. The summed E-state index contributed by atoms with van der Waals surface area (Å²) in [6.07, 6.45) is 0.962. The van der Waals surface area contributed by atoms with Crippen LogP contribution in [0.5, 0.6) is 0 Å². The van der Waals surface area contributed by atoms with Gasteiger partial charge in [0.15, 0.2) is 11.5 Å². The molecule has 0 fully saturated rings. The van der Waals surface area contributed by atoms with Crippen LogP contribution in [0.3, 0.4) is 0 Å². The van der Waals surface area contributed by atoms with Gasteiger partial charge in [-0.1, -0.05) is 13.0 Å². The standard InChI is InChI=1S/C10H12ClN3/c1-3-8-5-4-7(2)14-10(8)12-9(6-11)13-14/h4-5H,3,6H2,1-2H3. The molecule has 2 rings (SSSR count). The van der Waals surface area contributed by atoms with Gasteiger partial charge in [0.2, 0.25) is 0 Å². The van der Waals surface area contributed by atoms with Crippen molar-refractivity contribution in [1.82, 2.24) is 14.6 Å². The van der Waals surface area contributed by atoms with Crippen LogP contribution in [-0.2, 0) is 12.3 Å². The normalized spacial score (nSPS) is 11.1. The van der Waals surface area contributed by atoms with E-state index in [2.05, 4.69) is 29.1 Å². The summed E-state index contributed by atoms with van der Waals surface area (Å²) < 4.78 is 1.86. The van der Waals surface area contributed by atoms with Crippen LogP contribution in [0.1, 0.15) is 24.0 Å². The average Bonchev–Trinajstić information content (AvgIpc) is 2.63. The first kappa shape index (κ1) is 9.46. The van der Waals surface area contributed by atoms with Crippen LogP contribution in [0.25, 0.3) is 5.65 Å². The van der Waals surface area contributed by atoms with Crippen molar-refractivity contribution in [3.8, 4) is 0 Å². The molecule has 3 nitrogen and oxygen atoms in total. The Kier molecular flexibility index (Phi) is 2.42. The van der Waals surface area contributed by atoms with E-state index in [9.17, 15) is 0 Å². The highest BCUT2D eigenvalue weighted by atomic mass is 35.5. The average molecular weight is 210 g/mol. The van der Waals surface area contributed by atoms with E-state index in [1.54, 1.807) is 0 Å². The van der Waals surface area contributed by atoms with Gasteiger partial charge in [0.25, 0.3) is 0 Å². The molecule has 0 N–H and O–H groups in total. The van der Waals surface area contributed by atoms with Gasteiger partial charge >= 0.3 is 0 Å². The Morgan fingerprint density at radius 2 is 2.21 bits per heavy atom. The van der Waals surface area contributed by atoms with Crippen LogP contribution in [0.4, 0.5) is 0 Å². The van der Waals surface area contributed by atoms with E-state index in [1.165, 1.54) is 5.56 Å². The predicted octanol–water partition coefficient (Wildman–Crippen LogP) is 2.34. The number of rotatable bonds is 2. The van der Waals surface area contributed by atoms with Crippen LogP contribution in [0.2, 0.25) is 0 Å². The third kappa shape index (κ3) is 1.38. The zero-order valence-electron chi connectivity index (χ0n) is 8.29. The van der Waals surface area contributed by atoms with E-state index in [-0.39, 0.29) is 0 Å². The van der Waals surface area contributed by atoms with Gasteiger partial charge in [0.1, 0.15) is 0 Å². The molecule has 4 heteroatoms. The Hall–Kier alpha value is -1.09. The maximum Gasteiger partial charge on any atom is 0.166 e. The summed E-state index contributed by atoms with van der Waals surface area (Å²) in [5.41, 5.74) is 3.23. The fraction of sp³-hybridized carbons (Fsp3) is 0.400. The highest BCUT2D eigenvalue weighted by Gasteiger charge is 2.07. The topological polar surface area (TPSA) is 30.2 Å². The molecule has 0 atom stereocenters. The number of hydrogen-bond acceptors (Lipinski definition) is 2. The van der Waals surface area contributed by atoms with E-state index in [1.807, 2.05) is 11.4 Å². The molecule has 0 saturated heterocycles. The number of halogens is 1. The predicted molar refractivity (Wildman–Crippen MR) is 56.7 cm³/mol. The maximum atomic E-state index is 5.71. The van der Waals surface area contributed by atoms with Crippen molar-refractivity contribution in [2.75, 3.05) is 0 Å². The molecule has 0 radical (unpaired) electrons. The SMILES string of the molecule is CCc1ccc(C)n2nc(CCl)nc12. The van der Waals surface area contributed by atoms with Crippen molar-refractivity contribution in [2.24, 2.45) is 0 Å². The smallest absolute Gasteiger partial charge is 0.166 e. The first-order valence-corrected chi connectivity index (χ1v) is 5.19. The third-order valence-corrected chi connectivity index (χ3v) is 2.54. The van der Waals surface area contributed by atoms with Gasteiger partial charge in [-0.3, -0.25) is 0 Å². The molecule has 0 aliphatic carbocycles. The minimum atomic E-state index is 0.365. The summed E-state index contributed by atoms with van der Waals surface area (Å²) >= 11 is 5.71. The van der Waals surface area contributed by atoms with E-state index in [0.717, 1.165) is 17.8 Å². The lowest BCUT2D eigenvalue weighted by molar-refractivity contribution is 0.879. The summed E-state index contributed by atoms with van der Waals surface area (Å²) in [5.74, 6) is 1.06. The largest absolute Gasteiger partial charge is 0.218 e. The Morgan fingerprint density at radius 1 is 1.43 bits per heavy atom. The fourth-order valence-electron chi connectivity index (χ4n) is 1.51. The highest BCUT2D eigenvalue weighted by molar-refractivity contribution is 6.16. The van der Waals surface area contributed by atoms with Gasteiger partial charge in [0, 0.05) is 5.69 Å². The Bertz CT molecular complexity index is 462. The van der Waals surface area contributed by atoms with Crippen molar-refractivity contribution in [3.05, 3.63) is 29.2 Å². The number of fused-ring (bicyclic) bond motifs is 1. The summed E-state index contributed by atoms with van der Waals surface area (Å²) in [5, 5.41) is 4.31. The molecule has 0 unspecified atom stereocenters. The summed E-state index contributed by atoms with van der Waals surface area (Å²) in [6, 6.07) is 4.15. The van der Waals surface area contributed by atoms with Crippen molar-refractivity contribution in [2.45, 2.75) is 26.1 Å². The molecule has 0 spiro atoms. The quantitative estimate of drug-likeness (QED) is 0.711. The lowest BCUT2D eigenvalue weighted by Crippen LogP contribution is -1.96. The number of aryl methyl sites for hydroxylation is 2. The second-order valence-corrected chi connectivity index (χ2v) is 3.52. The van der Waals surface area contributed by atoms with E-state index >= 15 is 0 Å². The lowest BCUT2D eigenvalue weighted by atomic mass is 10.2. The van der Waals surface area contributed by atoms with Crippen LogP contribution < -0.4 is 0 Å². The molecule has 14 heavy (non-hydrogen) atoms. The Labute approximate surface area is 87.7 Å². The molecule has 0 aromatic carbocycles. The summed E-state index contributed by atoms with van der Waals surface area (Å²) in [6.45, 7) is 4.12. The number of hydrogen-bond donors (Lipinski definition) is 0. The molecule has 2 heterocycles. The number of alkyl halides is 1. The van der Waals surface area contributed by atoms with Crippen molar-refractivity contribution in [1.29, 1.82) is 0 Å². The molecular formula is C10H12ClN3. The molecule has 0 bridgehead atoms. The van der Waals surface area contributed by atoms with Crippen molar-refractivity contribution >= 4 is 17.2 Å². The first-order chi connectivity index (χ1) is 6.76. The van der Waals surface area contributed by atoms with E-state index in [4.69, 9.17) is 11.6 Å². The number of aromatic nitrogens is 3. The first-order valence-electron chi connectivity index (χ1n) is 4.66. The number of nitrogens with zero attached hydrogens (tertiary/aromatic N) is 3. The molecule has 0 aliphatic heterocycles. The summed E-state index contributed by atoms with van der Waals surface area (Å²) in [4.78, 5) is 4.38. The van der Waals surface area contributed by atoms with Crippen LogP contribution in [0.15, 0.2) is 12.1 Å². The van der Waals surface area contributed by atoms with Gasteiger partial charge in [-0.25, -0.2) is 9.50 Å². The Morgan fingerprint density at radius 3 is 2.86 bits per heavy atom. The molecular weight excluding hydrogens is 198 g/mol. The minimum Gasteiger partial charge on any atom is -0.218 e. The lowest BCUT2D eigenvalue weighted by Gasteiger charge is -2.01. The molecule has 0 saturated carbocycles. The zero-order valence-corrected chi connectivity index (χ0v) is 9.04. The molecule has 0 amide bonds. The second-order valence-electron chi connectivity index (χ2n) is 3.25. The van der Waals surface area contributed by atoms with Gasteiger partial charge < -0.3 is 0 Å². The van der Waals surface area contributed by atoms with Crippen LogP contribution >= 0.6 is 11.6 Å². The van der Waals surface area contributed by atoms with E-state index < -0.39 is 0 Å². The van der Waals surface area contributed by atoms with Gasteiger partial charge in [-0.2, -0.15) is 0 Å². The van der Waals surface area contributed by atoms with Crippen LogP contribution in [-0.4, -0.2) is 14.6 Å². The van der Waals surface area contributed by atoms with Gasteiger partial charge in [-0.15, -0.1) is 16.7 Å². The zero-order chi connectivity index (χ0) is 10.1. The summed E-state index contributed by atoms with van der Waals surface area (Å²) in [7, 11) is 0. The third-order valence-electron chi connectivity index (χ3n) is 2.30. The second kappa shape index (κ2) is 3.58. The maximum absolute atomic E-state index is 5.71. The van der Waals surface area contributed by atoms with Crippen molar-refractivity contribution in [3.63, 3.8) is 0 Å². The molecule has 2 aromatic heterocycles. The monoisotopic (exact) mass is 209 g/mol. The highest BCUT2D eigenvalue weighted by Crippen LogP contribution is 2.13. The van der Waals surface area contributed by atoms with Gasteiger partial charge in [-0.05, 0) is 25.0 Å². The molecule has 74 valence electrons. The van der Waals surface area contributed by atoms with E-state index in [0.29, 0.717) is 11.7 Å². The van der Waals surface area contributed by atoms with Crippen LogP contribution in [0, 0.1) is 6.92 Å². The Balaban J connectivity index is 2.74. The van der Waals surface area contributed by atoms with Gasteiger partial charge in [0.05, 0.1) is 5.88 Å². The molecule has 0 aliphatic rings. The number of pyridine rings is 1. The van der Waals surface area contributed by atoms with Crippen molar-refractivity contribution < 1.29 is 0 Å². The molecule has 2 aromatic rings. The minimum absolute atomic E-state index is 0.365.